The Kier molecular flexibility index (Phi) is 5.36. The maximum Gasteiger partial charge on any atom is 0.286 e. The van der Waals surface area contributed by atoms with E-state index in [1.807, 2.05) is 0 Å². The highest BCUT2D eigenvalue weighted by Crippen LogP contribution is 2.35. The molecule has 1 fully saturated rings. The molecule has 0 atom stereocenters. The number of nitrogens with zero attached hydrogens (tertiary/aromatic N) is 1. The Bertz CT molecular complexity index is 923. The largest absolute Gasteiger partial charge is 0.341 e. The van der Waals surface area contributed by atoms with E-state index in [0.29, 0.717) is 16.8 Å². The average molecular weight is 424 g/mol. The van der Waals surface area contributed by atoms with E-state index >= 15 is 0 Å². The zero-order valence-electron chi connectivity index (χ0n) is 13.2. The number of nitrogens with one attached hydrogen (secondary N) is 1. The van der Waals surface area contributed by atoms with Crippen LogP contribution in [-0.2, 0) is 20.0 Å². The number of fused-ring (bicyclic) bond motifs is 1. The van der Waals surface area contributed by atoms with Crippen LogP contribution in [0.4, 0.5) is 5.69 Å². The van der Waals surface area contributed by atoms with Crippen molar-refractivity contribution in [2.45, 2.75) is 47.1 Å². The molecule has 3 N–H and O–H groups in total. The maximum atomic E-state index is 12.4. The molecule has 11 heteroatoms. The number of hydrogen-bond donors (Lipinski definition) is 2. The summed E-state index contributed by atoms with van der Waals surface area (Å²) in [5, 5.41) is 8.39. The summed E-state index contributed by atoms with van der Waals surface area (Å²) in [6.07, 6.45) is 5.91. The van der Waals surface area contributed by atoms with Crippen LogP contribution in [0.5, 0.6) is 0 Å². The smallest absolute Gasteiger partial charge is 0.286 e. The summed E-state index contributed by atoms with van der Waals surface area (Å²) in [6, 6.07) is 2.21. The highest BCUT2D eigenvalue weighted by Gasteiger charge is 2.29. The van der Waals surface area contributed by atoms with Gasteiger partial charge in [0, 0.05) is 5.25 Å². The van der Waals surface area contributed by atoms with Gasteiger partial charge in [-0.15, -0.1) is 4.40 Å². The highest BCUT2D eigenvalue weighted by atomic mass is 35.5. The average Bonchev–Trinajstić information content (AvgIpc) is 2.51. The van der Waals surface area contributed by atoms with E-state index in [1.54, 1.807) is 11.8 Å². The molecule has 0 saturated heterocycles. The Labute approximate surface area is 156 Å². The van der Waals surface area contributed by atoms with Crippen molar-refractivity contribution in [3.8, 4) is 0 Å². The van der Waals surface area contributed by atoms with Gasteiger partial charge < -0.3 is 5.32 Å². The lowest BCUT2D eigenvalue weighted by molar-refractivity contribution is 0.516. The van der Waals surface area contributed by atoms with Crippen LogP contribution in [0.15, 0.2) is 26.3 Å². The summed E-state index contributed by atoms with van der Waals surface area (Å²) in [5.41, 5.74) is 0.214. The van der Waals surface area contributed by atoms with Gasteiger partial charge in [0.25, 0.3) is 10.0 Å². The van der Waals surface area contributed by atoms with Crippen molar-refractivity contribution in [2.75, 3.05) is 11.1 Å². The molecule has 0 amide bonds. The lowest BCUT2D eigenvalue weighted by Gasteiger charge is -2.23. The molecular formula is C14H18ClN3O4S3. The van der Waals surface area contributed by atoms with Crippen LogP contribution in [0, 0.1) is 0 Å². The first-order valence-electron chi connectivity index (χ1n) is 7.75. The lowest BCUT2D eigenvalue weighted by Crippen LogP contribution is -2.25. The second-order valence-corrected chi connectivity index (χ2v) is 10.8. The summed E-state index contributed by atoms with van der Waals surface area (Å²) >= 11 is 7.63. The third-order valence-corrected chi connectivity index (χ3v) is 8.25. The number of halogens is 1. The summed E-state index contributed by atoms with van der Waals surface area (Å²) < 4.78 is 51.7. The number of hydrogen-bond acceptors (Lipinski definition) is 6. The molecule has 1 aromatic rings. The topological polar surface area (TPSA) is 119 Å². The van der Waals surface area contributed by atoms with E-state index in [1.165, 1.54) is 25.3 Å². The minimum absolute atomic E-state index is 0.134. The molecule has 0 aromatic heterocycles. The van der Waals surface area contributed by atoms with Crippen LogP contribution < -0.4 is 10.5 Å². The zero-order valence-corrected chi connectivity index (χ0v) is 16.4. The molecule has 0 unspecified atom stereocenters. The second-order valence-electron chi connectivity index (χ2n) is 6.03. The Morgan fingerprint density at radius 3 is 2.60 bits per heavy atom. The van der Waals surface area contributed by atoms with E-state index in [9.17, 15) is 16.8 Å². The van der Waals surface area contributed by atoms with Crippen molar-refractivity contribution in [3.63, 3.8) is 0 Å². The molecule has 1 saturated carbocycles. The third-order valence-electron chi connectivity index (χ3n) is 4.14. The summed E-state index contributed by atoms with van der Waals surface area (Å²) in [5.74, 6) is 0.764. The SMILES string of the molecule is NS(=O)(=O)c1cc2c(cc1Cl)NC(CSC1CCCCC1)=NS2(=O)=O. The van der Waals surface area contributed by atoms with Crippen molar-refractivity contribution in [3.05, 3.63) is 17.2 Å². The number of sulfonamides is 2. The Hall–Kier alpha value is -0.810. The van der Waals surface area contributed by atoms with Gasteiger partial charge in [-0.05, 0) is 25.0 Å². The molecule has 1 aliphatic carbocycles. The van der Waals surface area contributed by atoms with E-state index in [-0.39, 0.29) is 15.6 Å². The highest BCUT2D eigenvalue weighted by molar-refractivity contribution is 8.00. The molecule has 0 spiro atoms. The van der Waals surface area contributed by atoms with Gasteiger partial charge in [0.05, 0.1) is 16.5 Å². The molecule has 0 bridgehead atoms. The van der Waals surface area contributed by atoms with Crippen LogP contribution >= 0.6 is 23.4 Å². The molecular weight excluding hydrogens is 406 g/mol. The molecule has 1 heterocycles. The molecule has 138 valence electrons. The Morgan fingerprint density at radius 2 is 1.96 bits per heavy atom. The number of anilines is 1. The first-order valence-corrected chi connectivity index (χ1v) is 12.2. The van der Waals surface area contributed by atoms with E-state index < -0.39 is 24.9 Å². The van der Waals surface area contributed by atoms with Gasteiger partial charge in [-0.25, -0.2) is 13.6 Å². The van der Waals surface area contributed by atoms with Crippen LogP contribution in [0.1, 0.15) is 32.1 Å². The predicted molar refractivity (Wildman–Crippen MR) is 100 cm³/mol. The molecule has 3 rings (SSSR count). The molecule has 0 radical (unpaired) electrons. The fraction of sp³-hybridized carbons (Fsp3) is 0.500. The minimum atomic E-state index is -4.13. The number of thioether (sulfide) groups is 1. The number of amidine groups is 1. The monoisotopic (exact) mass is 423 g/mol. The molecule has 1 aromatic carbocycles. The van der Waals surface area contributed by atoms with Crippen LogP contribution in [0.25, 0.3) is 0 Å². The number of benzene rings is 1. The molecule has 7 nitrogen and oxygen atoms in total. The molecule has 2 aliphatic rings. The second kappa shape index (κ2) is 7.07. The van der Waals surface area contributed by atoms with Crippen molar-refractivity contribution in [1.29, 1.82) is 0 Å². The third kappa shape index (κ3) is 4.30. The number of nitrogens with two attached hydrogens (primary N) is 1. The standard InChI is InChI=1S/C14H18ClN3O4S3/c15-10-6-11-13(7-12(10)24(16,19)20)25(21,22)18-14(17-11)8-23-9-4-2-1-3-5-9/h6-7,9H,1-5,8H2,(H,17,18)(H2,16,19,20). The van der Waals surface area contributed by atoms with Gasteiger partial charge >= 0.3 is 0 Å². The van der Waals surface area contributed by atoms with Crippen molar-refractivity contribution < 1.29 is 16.8 Å². The number of primary sulfonamides is 1. The zero-order chi connectivity index (χ0) is 18.2. The summed E-state index contributed by atoms with van der Waals surface area (Å²) in [6.45, 7) is 0. The summed E-state index contributed by atoms with van der Waals surface area (Å²) in [7, 11) is -8.14. The summed E-state index contributed by atoms with van der Waals surface area (Å²) in [4.78, 5) is -0.680. The Balaban J connectivity index is 1.86. The Morgan fingerprint density at radius 1 is 1.28 bits per heavy atom. The van der Waals surface area contributed by atoms with Gasteiger partial charge in [-0.2, -0.15) is 20.2 Å². The van der Waals surface area contributed by atoms with E-state index in [2.05, 4.69) is 9.71 Å². The van der Waals surface area contributed by atoms with Crippen molar-refractivity contribution >= 4 is 54.9 Å². The number of rotatable bonds is 4. The van der Waals surface area contributed by atoms with Gasteiger partial charge in [-0.3, -0.25) is 0 Å². The van der Waals surface area contributed by atoms with Crippen molar-refractivity contribution in [2.24, 2.45) is 9.54 Å². The first-order chi connectivity index (χ1) is 11.7. The minimum Gasteiger partial charge on any atom is -0.341 e. The fourth-order valence-corrected chi connectivity index (χ4v) is 6.53. The normalized spacial score (nSPS) is 20.5. The van der Waals surface area contributed by atoms with Gasteiger partial charge in [0.15, 0.2) is 0 Å². The predicted octanol–water partition coefficient (Wildman–Crippen LogP) is 2.57. The van der Waals surface area contributed by atoms with Gasteiger partial charge in [0.2, 0.25) is 10.0 Å². The van der Waals surface area contributed by atoms with E-state index in [0.717, 1.165) is 18.9 Å². The van der Waals surface area contributed by atoms with Gasteiger partial charge in [0.1, 0.15) is 15.6 Å². The first kappa shape index (κ1) is 19.0. The van der Waals surface area contributed by atoms with Crippen LogP contribution in [0.2, 0.25) is 5.02 Å². The lowest BCUT2D eigenvalue weighted by atomic mass is 10.0. The maximum absolute atomic E-state index is 12.4. The fourth-order valence-electron chi connectivity index (χ4n) is 2.93. The quantitative estimate of drug-likeness (QED) is 0.768. The molecule has 1 aliphatic heterocycles. The van der Waals surface area contributed by atoms with Crippen LogP contribution in [0.3, 0.4) is 0 Å². The van der Waals surface area contributed by atoms with Gasteiger partial charge in [-0.1, -0.05) is 30.9 Å². The van der Waals surface area contributed by atoms with Crippen molar-refractivity contribution in [1.82, 2.24) is 0 Å². The molecule has 25 heavy (non-hydrogen) atoms. The van der Waals surface area contributed by atoms with E-state index in [4.69, 9.17) is 16.7 Å². The van der Waals surface area contributed by atoms with Crippen LogP contribution in [-0.4, -0.2) is 33.7 Å².